The van der Waals surface area contributed by atoms with Crippen LogP contribution in [-0.2, 0) is 19.3 Å². The molecule has 2 heterocycles. The fourth-order valence-corrected chi connectivity index (χ4v) is 6.43. The van der Waals surface area contributed by atoms with Gasteiger partial charge in [0.1, 0.15) is 0 Å². The molecule has 0 saturated carbocycles. The first kappa shape index (κ1) is 19.4. The van der Waals surface area contributed by atoms with Crippen LogP contribution in [0, 0.1) is 13.8 Å². The number of carbonyl (C=O) groups excluding carboxylic acids is 1. The average Bonchev–Trinajstić information content (AvgIpc) is 3.15. The van der Waals surface area contributed by atoms with E-state index in [2.05, 4.69) is 55.6 Å². The van der Waals surface area contributed by atoms with Crippen LogP contribution >= 0.6 is 11.3 Å². The van der Waals surface area contributed by atoms with E-state index in [1.807, 2.05) is 28.4 Å². The highest BCUT2D eigenvalue weighted by atomic mass is 32.1. The molecule has 2 aliphatic rings. The molecular weight excluding hydrogens is 388 g/mol. The van der Waals surface area contributed by atoms with Gasteiger partial charge in [0.2, 0.25) is 0 Å². The average molecular weight is 417 g/mol. The topological polar surface area (TPSA) is 32.3 Å². The van der Waals surface area contributed by atoms with Crippen molar-refractivity contribution in [1.82, 2.24) is 4.90 Å². The van der Waals surface area contributed by atoms with Crippen LogP contribution in [0.3, 0.4) is 0 Å². The first-order valence-electron chi connectivity index (χ1n) is 10.9. The molecule has 2 amide bonds. The van der Waals surface area contributed by atoms with Gasteiger partial charge in [-0.2, -0.15) is 0 Å². The molecule has 3 aromatic rings. The summed E-state index contributed by atoms with van der Waals surface area (Å²) in [4.78, 5) is 18.4. The molecule has 3 nitrogen and oxygen atoms in total. The molecule has 2 aromatic carbocycles. The smallest absolute Gasteiger partial charge is 0.312 e. The van der Waals surface area contributed by atoms with Gasteiger partial charge in [-0.3, -0.25) is 0 Å². The van der Waals surface area contributed by atoms with E-state index in [-0.39, 0.29) is 12.1 Å². The Morgan fingerprint density at radius 2 is 1.77 bits per heavy atom. The highest BCUT2D eigenvalue weighted by Gasteiger charge is 2.36. The van der Waals surface area contributed by atoms with Crippen LogP contribution in [0.4, 0.5) is 10.5 Å². The maximum Gasteiger partial charge on any atom is 0.322 e. The van der Waals surface area contributed by atoms with E-state index >= 15 is 0 Å². The third kappa shape index (κ3) is 3.43. The van der Waals surface area contributed by atoms with Crippen LogP contribution in [0.1, 0.15) is 56.5 Å². The molecule has 0 saturated heterocycles. The van der Waals surface area contributed by atoms with Crippen molar-refractivity contribution in [2.24, 2.45) is 0 Å². The summed E-state index contributed by atoms with van der Waals surface area (Å²) in [6, 6.07) is 16.6. The van der Waals surface area contributed by atoms with Gasteiger partial charge in [-0.05, 0) is 85.9 Å². The highest BCUT2D eigenvalue weighted by Crippen LogP contribution is 2.45. The summed E-state index contributed by atoms with van der Waals surface area (Å²) < 4.78 is 0. The molecule has 0 spiro atoms. The SMILES string of the molecule is Cc1ccc(NC(=O)N2CCc3c(sc4c3CCCC4)[C@@H]2c2ccccc2)cc1C. The predicted octanol–water partition coefficient (Wildman–Crippen LogP) is 6.42. The molecule has 154 valence electrons. The molecule has 0 bridgehead atoms. The van der Waals surface area contributed by atoms with Gasteiger partial charge in [0.15, 0.2) is 0 Å². The largest absolute Gasteiger partial charge is 0.322 e. The van der Waals surface area contributed by atoms with Crippen LogP contribution in [0.2, 0.25) is 0 Å². The van der Waals surface area contributed by atoms with Gasteiger partial charge in [-0.1, -0.05) is 36.4 Å². The van der Waals surface area contributed by atoms with Gasteiger partial charge in [0.25, 0.3) is 0 Å². The van der Waals surface area contributed by atoms with Crippen LogP contribution in [0.5, 0.6) is 0 Å². The van der Waals surface area contributed by atoms with Crippen molar-refractivity contribution in [2.75, 3.05) is 11.9 Å². The fourth-order valence-electron chi connectivity index (χ4n) is 4.85. The lowest BCUT2D eigenvalue weighted by atomic mass is 9.88. The van der Waals surface area contributed by atoms with Crippen molar-refractivity contribution in [2.45, 2.75) is 52.0 Å². The number of fused-ring (bicyclic) bond motifs is 3. The van der Waals surface area contributed by atoms with E-state index in [1.54, 1.807) is 10.4 Å². The minimum atomic E-state index is -0.0101. The quantitative estimate of drug-likeness (QED) is 0.513. The molecule has 30 heavy (non-hydrogen) atoms. The Morgan fingerprint density at radius 3 is 2.57 bits per heavy atom. The number of nitrogens with zero attached hydrogens (tertiary/aromatic N) is 1. The van der Waals surface area contributed by atoms with Crippen molar-refractivity contribution >= 4 is 23.1 Å². The summed E-state index contributed by atoms with van der Waals surface area (Å²) in [5.74, 6) is 0. The zero-order valence-corrected chi connectivity index (χ0v) is 18.5. The maximum atomic E-state index is 13.4. The first-order valence-corrected chi connectivity index (χ1v) is 11.8. The number of thiophene rings is 1. The molecule has 1 aromatic heterocycles. The van der Waals surface area contributed by atoms with Crippen molar-refractivity contribution in [1.29, 1.82) is 0 Å². The number of hydrogen-bond acceptors (Lipinski definition) is 2. The Morgan fingerprint density at radius 1 is 0.967 bits per heavy atom. The molecule has 1 aliphatic heterocycles. The summed E-state index contributed by atoms with van der Waals surface area (Å²) in [5.41, 5.74) is 7.62. The summed E-state index contributed by atoms with van der Waals surface area (Å²) >= 11 is 1.95. The fraction of sp³-hybridized carbons (Fsp3) is 0.346. The van der Waals surface area contributed by atoms with Gasteiger partial charge in [-0.15, -0.1) is 11.3 Å². The molecule has 1 N–H and O–H groups in total. The zero-order chi connectivity index (χ0) is 20.7. The molecule has 1 aliphatic carbocycles. The summed E-state index contributed by atoms with van der Waals surface area (Å²) in [5, 5.41) is 3.16. The van der Waals surface area contributed by atoms with Crippen LogP contribution in [0.25, 0.3) is 0 Å². The summed E-state index contributed by atoms with van der Waals surface area (Å²) in [7, 11) is 0. The molecule has 0 fully saturated rings. The molecule has 0 unspecified atom stereocenters. The van der Waals surface area contributed by atoms with Crippen LogP contribution in [0.15, 0.2) is 48.5 Å². The Kier molecular flexibility index (Phi) is 5.11. The zero-order valence-electron chi connectivity index (χ0n) is 17.7. The lowest BCUT2D eigenvalue weighted by Gasteiger charge is -2.36. The van der Waals surface area contributed by atoms with Gasteiger partial charge in [-0.25, -0.2) is 4.79 Å². The number of aryl methyl sites for hydroxylation is 3. The Bertz CT molecular complexity index is 1090. The first-order chi connectivity index (χ1) is 14.6. The van der Waals surface area contributed by atoms with Gasteiger partial charge >= 0.3 is 6.03 Å². The second-order valence-corrected chi connectivity index (χ2v) is 9.68. The Labute approximate surface area is 182 Å². The van der Waals surface area contributed by atoms with Gasteiger partial charge in [0, 0.05) is 22.0 Å². The molecule has 4 heteroatoms. The minimum Gasteiger partial charge on any atom is -0.312 e. The van der Waals surface area contributed by atoms with Crippen molar-refractivity contribution in [3.8, 4) is 0 Å². The Balaban J connectivity index is 1.52. The van der Waals surface area contributed by atoms with Gasteiger partial charge in [0.05, 0.1) is 6.04 Å². The Hall–Kier alpha value is -2.59. The second-order valence-electron chi connectivity index (χ2n) is 8.54. The van der Waals surface area contributed by atoms with E-state index in [1.165, 1.54) is 52.8 Å². The number of nitrogens with one attached hydrogen (secondary N) is 1. The van der Waals surface area contributed by atoms with E-state index in [9.17, 15) is 4.79 Å². The third-order valence-electron chi connectivity index (χ3n) is 6.61. The van der Waals surface area contributed by atoms with E-state index in [0.717, 1.165) is 18.7 Å². The molecule has 0 radical (unpaired) electrons. The van der Waals surface area contributed by atoms with Crippen molar-refractivity contribution in [3.05, 3.63) is 86.1 Å². The summed E-state index contributed by atoms with van der Waals surface area (Å²) in [6.07, 6.45) is 5.95. The molecular formula is C26H28N2OS. The normalized spacial score (nSPS) is 17.9. The van der Waals surface area contributed by atoms with Crippen LogP contribution in [-0.4, -0.2) is 17.5 Å². The minimum absolute atomic E-state index is 0.00269. The number of urea groups is 1. The monoisotopic (exact) mass is 416 g/mol. The number of benzene rings is 2. The lowest BCUT2D eigenvalue weighted by Crippen LogP contribution is -2.42. The van der Waals surface area contributed by atoms with Crippen LogP contribution < -0.4 is 5.32 Å². The number of hydrogen-bond donors (Lipinski definition) is 1. The van der Waals surface area contributed by atoms with Crippen molar-refractivity contribution < 1.29 is 4.79 Å². The summed E-state index contributed by atoms with van der Waals surface area (Å²) in [6.45, 7) is 4.94. The standard InChI is InChI=1S/C26H28N2OS/c1-17-12-13-20(16-18(17)2)27-26(29)28-15-14-22-21-10-6-7-11-23(21)30-25(22)24(28)19-8-4-3-5-9-19/h3-5,8-9,12-13,16,24H,6-7,10-11,14-15H2,1-2H3,(H,27,29)/t24-/m0/s1. The third-order valence-corrected chi connectivity index (χ3v) is 8.00. The molecule has 5 rings (SSSR count). The van der Waals surface area contributed by atoms with Crippen molar-refractivity contribution in [3.63, 3.8) is 0 Å². The second kappa shape index (κ2) is 7.92. The van der Waals surface area contributed by atoms with E-state index in [0.29, 0.717) is 0 Å². The number of rotatable bonds is 2. The van der Waals surface area contributed by atoms with Gasteiger partial charge < -0.3 is 10.2 Å². The number of anilines is 1. The van der Waals surface area contributed by atoms with E-state index in [4.69, 9.17) is 0 Å². The maximum absolute atomic E-state index is 13.4. The molecule has 1 atom stereocenters. The number of carbonyl (C=O) groups is 1. The number of amides is 2. The predicted molar refractivity (Wildman–Crippen MR) is 125 cm³/mol. The van der Waals surface area contributed by atoms with E-state index < -0.39 is 0 Å². The lowest BCUT2D eigenvalue weighted by molar-refractivity contribution is 0.195. The highest BCUT2D eigenvalue weighted by molar-refractivity contribution is 7.12.